The van der Waals surface area contributed by atoms with E-state index in [4.69, 9.17) is 0 Å². The SMILES string of the molecule is CC(=NCCc1cnc[nH]1)c1c(-c2ccccc2)[nH]n(-c2nc3ccccc3s2)c1=O. The van der Waals surface area contributed by atoms with E-state index in [2.05, 4.69) is 25.0 Å². The molecule has 3 aromatic heterocycles. The predicted molar refractivity (Wildman–Crippen MR) is 124 cm³/mol. The fourth-order valence-electron chi connectivity index (χ4n) is 3.52. The van der Waals surface area contributed by atoms with Crippen LogP contribution in [-0.4, -0.2) is 37.0 Å². The third kappa shape index (κ3) is 3.73. The van der Waals surface area contributed by atoms with Crippen LogP contribution in [0, 0.1) is 0 Å². The Balaban J connectivity index is 1.59. The molecule has 0 unspecified atom stereocenters. The molecule has 0 saturated heterocycles. The van der Waals surface area contributed by atoms with Crippen LogP contribution in [-0.2, 0) is 6.42 Å². The summed E-state index contributed by atoms with van der Waals surface area (Å²) in [5, 5.41) is 3.89. The molecular formula is C23H20N6OS. The number of H-pyrrole nitrogens is 2. The van der Waals surface area contributed by atoms with Gasteiger partial charge in [0.2, 0.25) is 5.13 Å². The summed E-state index contributed by atoms with van der Waals surface area (Å²) in [6.07, 6.45) is 4.17. The largest absolute Gasteiger partial charge is 0.348 e. The van der Waals surface area contributed by atoms with Crippen molar-refractivity contribution >= 4 is 27.3 Å². The summed E-state index contributed by atoms with van der Waals surface area (Å²) in [7, 11) is 0. The van der Waals surface area contributed by atoms with E-state index in [1.807, 2.05) is 61.5 Å². The number of imidazole rings is 1. The molecule has 0 fully saturated rings. The fourth-order valence-corrected chi connectivity index (χ4v) is 4.45. The second kappa shape index (κ2) is 8.16. The minimum atomic E-state index is -0.152. The lowest BCUT2D eigenvalue weighted by atomic mass is 10.1. The third-order valence-corrected chi connectivity index (χ3v) is 6.10. The van der Waals surface area contributed by atoms with Crippen molar-refractivity contribution in [1.82, 2.24) is 24.7 Å². The number of thiazole rings is 1. The van der Waals surface area contributed by atoms with Gasteiger partial charge in [-0.2, -0.15) is 4.68 Å². The van der Waals surface area contributed by atoms with Gasteiger partial charge in [-0.1, -0.05) is 53.8 Å². The van der Waals surface area contributed by atoms with E-state index in [0.29, 0.717) is 23.0 Å². The molecule has 0 spiro atoms. The lowest BCUT2D eigenvalue weighted by Crippen LogP contribution is -2.19. The van der Waals surface area contributed by atoms with Crippen molar-refractivity contribution in [3.63, 3.8) is 0 Å². The molecule has 2 aromatic carbocycles. The van der Waals surface area contributed by atoms with Gasteiger partial charge in [0.15, 0.2) is 0 Å². The molecule has 0 saturated carbocycles. The lowest BCUT2D eigenvalue weighted by Gasteiger charge is -2.03. The Bertz CT molecular complexity index is 1380. The summed E-state index contributed by atoms with van der Waals surface area (Å²) in [5.74, 6) is 0. The van der Waals surface area contributed by atoms with Gasteiger partial charge in [-0.15, -0.1) is 0 Å². The van der Waals surface area contributed by atoms with E-state index >= 15 is 0 Å². The van der Waals surface area contributed by atoms with E-state index in [-0.39, 0.29) is 5.56 Å². The van der Waals surface area contributed by atoms with Crippen LogP contribution in [0.4, 0.5) is 0 Å². The molecule has 0 radical (unpaired) electrons. The quantitative estimate of drug-likeness (QED) is 0.397. The molecule has 31 heavy (non-hydrogen) atoms. The van der Waals surface area contributed by atoms with Gasteiger partial charge in [0.05, 0.1) is 27.8 Å². The van der Waals surface area contributed by atoms with Crippen LogP contribution in [0.25, 0.3) is 26.6 Å². The maximum Gasteiger partial charge on any atom is 0.283 e. The smallest absolute Gasteiger partial charge is 0.283 e. The standard InChI is InChI=1S/C23H20N6OS/c1-15(25-12-11-17-13-24-14-26-17)20-21(16-7-3-2-4-8-16)28-29(22(20)30)23-27-18-9-5-6-10-19(18)31-23/h2-10,13-14,28H,11-12H2,1H3,(H,24,26). The summed E-state index contributed by atoms with van der Waals surface area (Å²) in [6, 6.07) is 17.7. The van der Waals surface area contributed by atoms with Crippen molar-refractivity contribution in [3.05, 3.63) is 88.7 Å². The highest BCUT2D eigenvalue weighted by Crippen LogP contribution is 2.26. The molecule has 8 heteroatoms. The van der Waals surface area contributed by atoms with Gasteiger partial charge < -0.3 is 4.98 Å². The average molecular weight is 429 g/mol. The van der Waals surface area contributed by atoms with Crippen LogP contribution >= 0.6 is 11.3 Å². The number of benzene rings is 2. The first kappa shape index (κ1) is 19.2. The summed E-state index contributed by atoms with van der Waals surface area (Å²) < 4.78 is 2.56. The van der Waals surface area contributed by atoms with Crippen molar-refractivity contribution in [1.29, 1.82) is 0 Å². The van der Waals surface area contributed by atoms with Gasteiger partial charge in [0.25, 0.3) is 5.56 Å². The zero-order valence-corrected chi connectivity index (χ0v) is 17.7. The van der Waals surface area contributed by atoms with Gasteiger partial charge in [-0.25, -0.2) is 9.97 Å². The Hall–Kier alpha value is -3.78. The highest BCUT2D eigenvalue weighted by atomic mass is 32.1. The summed E-state index contributed by atoms with van der Waals surface area (Å²) in [5.41, 5.74) is 4.66. The molecule has 3 heterocycles. The molecular weight excluding hydrogens is 408 g/mol. The van der Waals surface area contributed by atoms with Crippen molar-refractivity contribution in [3.8, 4) is 16.4 Å². The first-order chi connectivity index (χ1) is 15.2. The van der Waals surface area contributed by atoms with Crippen molar-refractivity contribution in [2.24, 2.45) is 4.99 Å². The van der Waals surface area contributed by atoms with Gasteiger partial charge in [0.1, 0.15) is 0 Å². The molecule has 154 valence electrons. The van der Waals surface area contributed by atoms with Crippen LogP contribution in [0.15, 0.2) is 76.9 Å². The zero-order valence-electron chi connectivity index (χ0n) is 16.9. The Kier molecular flexibility index (Phi) is 5.05. The molecule has 5 rings (SSSR count). The second-order valence-corrected chi connectivity index (χ2v) is 8.14. The zero-order chi connectivity index (χ0) is 21.2. The van der Waals surface area contributed by atoms with E-state index in [1.54, 1.807) is 12.5 Å². The summed E-state index contributed by atoms with van der Waals surface area (Å²) in [6.45, 7) is 2.45. The first-order valence-corrected chi connectivity index (χ1v) is 10.8. The fraction of sp³-hybridized carbons (Fsp3) is 0.130. The Morgan fingerprint density at radius 1 is 1.13 bits per heavy atom. The maximum absolute atomic E-state index is 13.5. The molecule has 5 aromatic rings. The van der Waals surface area contributed by atoms with Crippen LogP contribution in [0.1, 0.15) is 18.2 Å². The van der Waals surface area contributed by atoms with Crippen molar-refractivity contribution in [2.45, 2.75) is 13.3 Å². The van der Waals surface area contributed by atoms with Gasteiger partial charge >= 0.3 is 0 Å². The molecule has 0 aliphatic rings. The number of aliphatic imine (C=N–C) groups is 1. The van der Waals surface area contributed by atoms with E-state index in [9.17, 15) is 4.79 Å². The summed E-state index contributed by atoms with van der Waals surface area (Å²) in [4.78, 5) is 29.9. The van der Waals surface area contributed by atoms with E-state index < -0.39 is 0 Å². The Labute approximate surface area is 182 Å². The topological polar surface area (TPSA) is 91.7 Å². The molecule has 2 N–H and O–H groups in total. The molecule has 0 bridgehead atoms. The average Bonchev–Trinajstić information content (AvgIpc) is 3.52. The highest BCUT2D eigenvalue weighted by Gasteiger charge is 2.20. The number of para-hydroxylation sites is 1. The number of nitrogens with zero attached hydrogens (tertiary/aromatic N) is 4. The van der Waals surface area contributed by atoms with Gasteiger partial charge in [-0.3, -0.25) is 14.9 Å². The lowest BCUT2D eigenvalue weighted by molar-refractivity contribution is 0.845. The second-order valence-electron chi connectivity index (χ2n) is 7.13. The predicted octanol–water partition coefficient (Wildman–Crippen LogP) is 4.22. The van der Waals surface area contributed by atoms with Crippen LogP contribution in [0.2, 0.25) is 0 Å². The minimum absolute atomic E-state index is 0.152. The minimum Gasteiger partial charge on any atom is -0.348 e. The number of aromatic nitrogens is 5. The number of rotatable bonds is 6. The molecule has 0 aliphatic heterocycles. The number of fused-ring (bicyclic) bond motifs is 1. The van der Waals surface area contributed by atoms with Gasteiger partial charge in [0, 0.05) is 36.1 Å². The highest BCUT2D eigenvalue weighted by molar-refractivity contribution is 7.20. The summed E-state index contributed by atoms with van der Waals surface area (Å²) >= 11 is 1.48. The molecule has 0 amide bonds. The molecule has 0 aliphatic carbocycles. The van der Waals surface area contributed by atoms with Crippen LogP contribution in [0.5, 0.6) is 0 Å². The third-order valence-electron chi connectivity index (χ3n) is 5.07. The van der Waals surface area contributed by atoms with Crippen LogP contribution in [0.3, 0.4) is 0 Å². The number of hydrogen-bond donors (Lipinski definition) is 2. The molecule has 7 nitrogen and oxygen atoms in total. The monoisotopic (exact) mass is 428 g/mol. The normalized spacial score (nSPS) is 12.0. The first-order valence-electron chi connectivity index (χ1n) is 9.96. The van der Waals surface area contributed by atoms with E-state index in [1.165, 1.54) is 16.0 Å². The van der Waals surface area contributed by atoms with E-state index in [0.717, 1.165) is 33.6 Å². The number of nitrogens with one attached hydrogen (secondary N) is 2. The van der Waals surface area contributed by atoms with Crippen molar-refractivity contribution < 1.29 is 0 Å². The number of aromatic amines is 2. The van der Waals surface area contributed by atoms with Crippen molar-refractivity contribution in [2.75, 3.05) is 6.54 Å². The molecule has 0 atom stereocenters. The Morgan fingerprint density at radius 2 is 1.94 bits per heavy atom. The van der Waals surface area contributed by atoms with Crippen LogP contribution < -0.4 is 5.56 Å². The maximum atomic E-state index is 13.5. The number of hydrogen-bond acceptors (Lipinski definition) is 5. The Morgan fingerprint density at radius 3 is 2.71 bits per heavy atom. The van der Waals surface area contributed by atoms with Gasteiger partial charge in [-0.05, 0) is 19.1 Å².